The van der Waals surface area contributed by atoms with Gasteiger partial charge in [-0.05, 0) is 25.5 Å². The Bertz CT molecular complexity index is 540. The van der Waals surface area contributed by atoms with Crippen molar-refractivity contribution in [2.75, 3.05) is 5.73 Å². The highest BCUT2D eigenvalue weighted by molar-refractivity contribution is 5.82. The second-order valence-electron chi connectivity index (χ2n) is 3.44. The van der Waals surface area contributed by atoms with Crippen molar-refractivity contribution in [3.63, 3.8) is 0 Å². The van der Waals surface area contributed by atoms with E-state index >= 15 is 0 Å². The number of halogens is 1. The number of aromatic amines is 1. The molecule has 2 aromatic rings. The van der Waals surface area contributed by atoms with Crippen molar-refractivity contribution in [1.82, 2.24) is 9.97 Å². The van der Waals surface area contributed by atoms with E-state index in [9.17, 15) is 4.39 Å². The zero-order chi connectivity index (χ0) is 11.0. The lowest BCUT2D eigenvalue weighted by molar-refractivity contribution is 0.625. The summed E-state index contributed by atoms with van der Waals surface area (Å²) in [7, 11) is 0. The minimum Gasteiger partial charge on any atom is -0.369 e. The van der Waals surface area contributed by atoms with E-state index in [1.54, 1.807) is 6.07 Å². The van der Waals surface area contributed by atoms with Crippen LogP contribution in [0.15, 0.2) is 18.2 Å². The number of nitrogens with two attached hydrogens (primary N) is 1. The van der Waals surface area contributed by atoms with Gasteiger partial charge in [-0.3, -0.25) is 0 Å². The summed E-state index contributed by atoms with van der Waals surface area (Å²) >= 11 is 0. The molecule has 0 fully saturated rings. The third-order valence-corrected chi connectivity index (χ3v) is 2.45. The van der Waals surface area contributed by atoms with Gasteiger partial charge >= 0.3 is 0 Å². The molecule has 2 rings (SSSR count). The van der Waals surface area contributed by atoms with E-state index in [4.69, 9.17) is 5.73 Å². The lowest BCUT2D eigenvalue weighted by atomic mass is 10.1. The SMILES string of the molecule is C/C=C(\C)c1cc2nc(N)[nH]c2cc1F. The first-order valence-electron chi connectivity index (χ1n) is 4.70. The van der Waals surface area contributed by atoms with Gasteiger partial charge in [0, 0.05) is 11.6 Å². The maximum absolute atomic E-state index is 13.6. The van der Waals surface area contributed by atoms with Crippen molar-refractivity contribution >= 4 is 22.6 Å². The molecule has 1 heterocycles. The second kappa shape index (κ2) is 3.38. The number of benzene rings is 1. The summed E-state index contributed by atoms with van der Waals surface area (Å²) in [5.74, 6) is 0.0430. The predicted octanol–water partition coefficient (Wildman–Crippen LogP) is 2.71. The Balaban J connectivity index is 2.71. The van der Waals surface area contributed by atoms with Gasteiger partial charge in [-0.25, -0.2) is 9.37 Å². The summed E-state index contributed by atoms with van der Waals surface area (Å²) in [4.78, 5) is 6.85. The molecule has 0 saturated heterocycles. The molecular weight excluding hydrogens is 193 g/mol. The third-order valence-electron chi connectivity index (χ3n) is 2.45. The molecule has 1 aromatic carbocycles. The molecule has 78 valence electrons. The molecule has 0 saturated carbocycles. The first kappa shape index (κ1) is 9.71. The lowest BCUT2D eigenvalue weighted by Gasteiger charge is -2.02. The lowest BCUT2D eigenvalue weighted by Crippen LogP contribution is -1.87. The number of anilines is 1. The Labute approximate surface area is 86.8 Å². The molecule has 3 N–H and O–H groups in total. The van der Waals surface area contributed by atoms with Gasteiger partial charge in [-0.1, -0.05) is 6.08 Å². The number of fused-ring (bicyclic) bond motifs is 1. The molecule has 0 atom stereocenters. The zero-order valence-electron chi connectivity index (χ0n) is 8.63. The van der Waals surface area contributed by atoms with Crippen molar-refractivity contribution in [2.24, 2.45) is 0 Å². The highest BCUT2D eigenvalue weighted by Gasteiger charge is 2.08. The number of nitrogen functional groups attached to an aromatic ring is 1. The van der Waals surface area contributed by atoms with Gasteiger partial charge in [0.15, 0.2) is 5.95 Å². The van der Waals surface area contributed by atoms with E-state index in [1.807, 2.05) is 19.9 Å². The smallest absolute Gasteiger partial charge is 0.198 e. The number of rotatable bonds is 1. The summed E-state index contributed by atoms with van der Waals surface area (Å²) in [5, 5.41) is 0. The molecule has 0 aliphatic rings. The quantitative estimate of drug-likeness (QED) is 0.752. The van der Waals surface area contributed by atoms with Crippen LogP contribution in [0.3, 0.4) is 0 Å². The normalized spacial score (nSPS) is 12.3. The van der Waals surface area contributed by atoms with Gasteiger partial charge in [0.1, 0.15) is 5.82 Å². The summed E-state index contributed by atoms with van der Waals surface area (Å²) in [6.07, 6.45) is 1.86. The Morgan fingerprint density at radius 2 is 2.27 bits per heavy atom. The largest absolute Gasteiger partial charge is 0.369 e. The van der Waals surface area contributed by atoms with E-state index in [1.165, 1.54) is 6.07 Å². The van der Waals surface area contributed by atoms with Crippen LogP contribution in [0, 0.1) is 5.82 Å². The van der Waals surface area contributed by atoms with Crippen molar-refractivity contribution in [3.8, 4) is 0 Å². The molecule has 0 radical (unpaired) electrons. The first-order valence-corrected chi connectivity index (χ1v) is 4.70. The first-order chi connectivity index (χ1) is 7.11. The maximum Gasteiger partial charge on any atom is 0.198 e. The Hall–Kier alpha value is -1.84. The molecule has 0 aliphatic carbocycles. The van der Waals surface area contributed by atoms with E-state index in [2.05, 4.69) is 9.97 Å². The molecule has 15 heavy (non-hydrogen) atoms. The van der Waals surface area contributed by atoms with Crippen LogP contribution in [0.25, 0.3) is 16.6 Å². The van der Waals surface area contributed by atoms with Gasteiger partial charge in [0.25, 0.3) is 0 Å². The topological polar surface area (TPSA) is 54.7 Å². The fourth-order valence-corrected chi connectivity index (χ4v) is 1.51. The maximum atomic E-state index is 13.6. The fraction of sp³-hybridized carbons (Fsp3) is 0.182. The highest BCUT2D eigenvalue weighted by atomic mass is 19.1. The minimum atomic E-state index is -0.262. The number of H-pyrrole nitrogens is 1. The molecule has 0 amide bonds. The zero-order valence-corrected chi connectivity index (χ0v) is 8.63. The van der Waals surface area contributed by atoms with Crippen molar-refractivity contribution in [3.05, 3.63) is 29.6 Å². The molecule has 3 nitrogen and oxygen atoms in total. The van der Waals surface area contributed by atoms with E-state index in [-0.39, 0.29) is 5.82 Å². The van der Waals surface area contributed by atoms with Gasteiger partial charge in [-0.2, -0.15) is 0 Å². The summed E-state index contributed by atoms with van der Waals surface area (Å²) in [5.41, 5.74) is 8.26. The van der Waals surface area contributed by atoms with Crippen molar-refractivity contribution in [1.29, 1.82) is 0 Å². The van der Waals surface area contributed by atoms with Crippen LogP contribution < -0.4 is 5.73 Å². The molecular formula is C11H12FN3. The number of aromatic nitrogens is 2. The van der Waals surface area contributed by atoms with Crippen LogP contribution in [0.2, 0.25) is 0 Å². The van der Waals surface area contributed by atoms with Crippen molar-refractivity contribution < 1.29 is 4.39 Å². The van der Waals surface area contributed by atoms with Gasteiger partial charge < -0.3 is 10.7 Å². The molecule has 4 heteroatoms. The number of hydrogen-bond acceptors (Lipinski definition) is 2. The van der Waals surface area contributed by atoms with Gasteiger partial charge in [0.05, 0.1) is 11.0 Å². The second-order valence-corrected chi connectivity index (χ2v) is 3.44. The van der Waals surface area contributed by atoms with Crippen LogP contribution in [0.5, 0.6) is 0 Å². The summed E-state index contributed by atoms with van der Waals surface area (Å²) in [6.45, 7) is 3.73. The van der Waals surface area contributed by atoms with Crippen molar-refractivity contribution in [2.45, 2.75) is 13.8 Å². The fourth-order valence-electron chi connectivity index (χ4n) is 1.51. The number of allylic oxidation sites excluding steroid dienone is 2. The Morgan fingerprint density at radius 3 is 2.93 bits per heavy atom. The van der Waals surface area contributed by atoms with Gasteiger partial charge in [-0.15, -0.1) is 0 Å². The summed E-state index contributed by atoms with van der Waals surface area (Å²) in [6, 6.07) is 3.12. The number of nitrogens with one attached hydrogen (secondary N) is 1. The van der Waals surface area contributed by atoms with Crippen LogP contribution in [-0.2, 0) is 0 Å². The number of hydrogen-bond donors (Lipinski definition) is 2. The van der Waals surface area contributed by atoms with Crippen LogP contribution in [0.4, 0.5) is 10.3 Å². The van der Waals surface area contributed by atoms with Crippen LogP contribution in [0.1, 0.15) is 19.4 Å². The Kier molecular flexibility index (Phi) is 2.19. The monoisotopic (exact) mass is 205 g/mol. The van der Waals surface area contributed by atoms with E-state index < -0.39 is 0 Å². The highest BCUT2D eigenvalue weighted by Crippen LogP contribution is 2.23. The standard InChI is InChI=1S/C11H12FN3/c1-3-6(2)7-4-9-10(5-8(7)12)15-11(13)14-9/h3-5H,1-2H3,(H3,13,14,15)/b6-3+. The minimum absolute atomic E-state index is 0.262. The molecule has 0 aliphatic heterocycles. The molecule has 0 unspecified atom stereocenters. The van der Waals surface area contributed by atoms with Crippen LogP contribution in [-0.4, -0.2) is 9.97 Å². The van der Waals surface area contributed by atoms with E-state index in [0.29, 0.717) is 22.5 Å². The molecule has 1 aromatic heterocycles. The molecule has 0 bridgehead atoms. The predicted molar refractivity (Wildman–Crippen MR) is 59.8 cm³/mol. The Morgan fingerprint density at radius 1 is 1.53 bits per heavy atom. The molecule has 0 spiro atoms. The third kappa shape index (κ3) is 1.58. The summed E-state index contributed by atoms with van der Waals surface area (Å²) < 4.78 is 13.6. The number of nitrogens with zero attached hydrogens (tertiary/aromatic N) is 1. The van der Waals surface area contributed by atoms with Gasteiger partial charge in [0.2, 0.25) is 0 Å². The average Bonchev–Trinajstić information content (AvgIpc) is 2.55. The van der Waals surface area contributed by atoms with E-state index in [0.717, 1.165) is 5.57 Å². The van der Waals surface area contributed by atoms with Crippen LogP contribution >= 0.6 is 0 Å². The number of imidazole rings is 1. The average molecular weight is 205 g/mol.